The second-order valence-corrected chi connectivity index (χ2v) is 7.54. The van der Waals surface area contributed by atoms with Gasteiger partial charge in [-0.3, -0.25) is 13.9 Å². The lowest BCUT2D eigenvalue weighted by molar-refractivity contribution is 0.208. The monoisotopic (exact) mass is 447 g/mol. The van der Waals surface area contributed by atoms with Gasteiger partial charge in [0.1, 0.15) is 0 Å². The first-order chi connectivity index (χ1) is 15.4. The zero-order valence-corrected chi connectivity index (χ0v) is 17.6. The molecular formula is C20H23F2N7O3. The van der Waals surface area contributed by atoms with Crippen molar-refractivity contribution < 1.29 is 13.5 Å². The molecule has 0 spiro atoms. The van der Waals surface area contributed by atoms with Crippen molar-refractivity contribution in [3.8, 4) is 6.01 Å². The highest BCUT2D eigenvalue weighted by molar-refractivity contribution is 5.68. The van der Waals surface area contributed by atoms with Crippen molar-refractivity contribution in [1.82, 2.24) is 34.5 Å². The van der Waals surface area contributed by atoms with Gasteiger partial charge >= 0.3 is 11.7 Å². The Morgan fingerprint density at radius 2 is 1.91 bits per heavy atom. The third kappa shape index (κ3) is 4.65. The number of fused-ring (bicyclic) bond motifs is 1. The number of aromatic nitrogens is 5. The van der Waals surface area contributed by atoms with E-state index in [9.17, 15) is 18.4 Å². The highest BCUT2D eigenvalue weighted by Gasteiger charge is 2.17. The Bertz CT molecular complexity index is 1240. The second kappa shape index (κ2) is 9.49. The Hall–Kier alpha value is -3.25. The van der Waals surface area contributed by atoms with Gasteiger partial charge in [0.15, 0.2) is 22.8 Å². The molecule has 1 N–H and O–H groups in total. The second-order valence-electron chi connectivity index (χ2n) is 7.54. The average Bonchev–Trinajstić information content (AvgIpc) is 2.81. The summed E-state index contributed by atoms with van der Waals surface area (Å²) in [7, 11) is 1.31. The maximum Gasteiger partial charge on any atom is 0.336 e. The molecule has 1 aliphatic rings. The third-order valence-electron chi connectivity index (χ3n) is 5.31. The van der Waals surface area contributed by atoms with Crippen LogP contribution in [-0.2, 0) is 13.6 Å². The van der Waals surface area contributed by atoms with Crippen molar-refractivity contribution in [2.45, 2.75) is 13.0 Å². The summed E-state index contributed by atoms with van der Waals surface area (Å²) >= 11 is 0. The third-order valence-corrected chi connectivity index (χ3v) is 5.31. The van der Waals surface area contributed by atoms with Crippen LogP contribution in [0.15, 0.2) is 27.8 Å². The number of halogens is 2. The number of ether oxygens (including phenoxy) is 1. The Balaban J connectivity index is 1.55. The molecular weight excluding hydrogens is 424 g/mol. The summed E-state index contributed by atoms with van der Waals surface area (Å²) in [5.74, 6) is -2.03. The molecule has 0 atom stereocenters. The van der Waals surface area contributed by atoms with Gasteiger partial charge < -0.3 is 15.0 Å². The van der Waals surface area contributed by atoms with Gasteiger partial charge in [-0.2, -0.15) is 4.98 Å². The van der Waals surface area contributed by atoms with E-state index in [1.54, 1.807) is 0 Å². The standard InChI is InChI=1S/C20H23F2N7O3/c1-27-18(30)16-17(29(20(27)31)12-13-3-4-14(21)15(22)11-13)25-26-19(24-16)32-10-2-7-28-8-5-23-6-9-28/h3-4,11,23H,2,5-10,12H2,1H3. The molecule has 0 bridgehead atoms. The fourth-order valence-corrected chi connectivity index (χ4v) is 3.56. The van der Waals surface area contributed by atoms with Crippen LogP contribution >= 0.6 is 0 Å². The summed E-state index contributed by atoms with van der Waals surface area (Å²) < 4.78 is 34.4. The van der Waals surface area contributed by atoms with Gasteiger partial charge in [-0.25, -0.2) is 13.6 Å². The lowest BCUT2D eigenvalue weighted by atomic mass is 10.2. The fourth-order valence-electron chi connectivity index (χ4n) is 3.56. The van der Waals surface area contributed by atoms with Crippen molar-refractivity contribution in [2.75, 3.05) is 39.3 Å². The first kappa shape index (κ1) is 22.0. The maximum absolute atomic E-state index is 13.6. The lowest BCUT2D eigenvalue weighted by Gasteiger charge is -2.26. The van der Waals surface area contributed by atoms with Crippen LogP contribution in [0.5, 0.6) is 6.01 Å². The van der Waals surface area contributed by atoms with Gasteiger partial charge in [-0.05, 0) is 24.1 Å². The van der Waals surface area contributed by atoms with E-state index in [1.807, 2.05) is 0 Å². The predicted molar refractivity (Wildman–Crippen MR) is 112 cm³/mol. The first-order valence-corrected chi connectivity index (χ1v) is 10.3. The van der Waals surface area contributed by atoms with Gasteiger partial charge in [0.2, 0.25) is 0 Å². The Labute approximate surface area is 181 Å². The van der Waals surface area contributed by atoms with Crippen LogP contribution in [0.25, 0.3) is 11.2 Å². The van der Waals surface area contributed by atoms with Crippen molar-refractivity contribution in [3.63, 3.8) is 0 Å². The molecule has 10 nitrogen and oxygen atoms in total. The Morgan fingerprint density at radius 1 is 1.12 bits per heavy atom. The van der Waals surface area contributed by atoms with E-state index < -0.39 is 22.9 Å². The van der Waals surface area contributed by atoms with E-state index in [0.717, 1.165) is 60.4 Å². The molecule has 0 radical (unpaired) electrons. The van der Waals surface area contributed by atoms with Crippen molar-refractivity contribution in [3.05, 3.63) is 56.2 Å². The summed E-state index contributed by atoms with van der Waals surface area (Å²) in [6.07, 6.45) is 0.759. The molecule has 4 rings (SSSR count). The number of hydrogen-bond donors (Lipinski definition) is 1. The summed E-state index contributed by atoms with van der Waals surface area (Å²) in [5.41, 5.74) is -1.15. The van der Waals surface area contributed by atoms with Crippen molar-refractivity contribution in [2.24, 2.45) is 7.05 Å². The molecule has 1 aliphatic heterocycles. The quantitative estimate of drug-likeness (QED) is 0.500. The zero-order valence-electron chi connectivity index (χ0n) is 17.6. The minimum Gasteiger partial charge on any atom is -0.462 e. The fraction of sp³-hybridized carbons (Fsp3) is 0.450. The van der Waals surface area contributed by atoms with E-state index >= 15 is 0 Å². The molecule has 0 amide bonds. The molecule has 170 valence electrons. The van der Waals surface area contributed by atoms with Crippen LogP contribution in [0.3, 0.4) is 0 Å². The molecule has 1 fully saturated rings. The van der Waals surface area contributed by atoms with Crippen LogP contribution in [0.2, 0.25) is 0 Å². The molecule has 32 heavy (non-hydrogen) atoms. The summed E-state index contributed by atoms with van der Waals surface area (Å²) in [4.78, 5) is 31.7. The smallest absolute Gasteiger partial charge is 0.336 e. The van der Waals surface area contributed by atoms with Gasteiger partial charge in [-0.15, -0.1) is 5.10 Å². The molecule has 3 aromatic rings. The molecule has 2 aromatic heterocycles. The molecule has 12 heteroatoms. The van der Waals surface area contributed by atoms with Crippen LogP contribution in [0.4, 0.5) is 8.78 Å². The maximum atomic E-state index is 13.6. The van der Waals surface area contributed by atoms with Crippen LogP contribution in [-0.4, -0.2) is 68.5 Å². The highest BCUT2D eigenvalue weighted by Crippen LogP contribution is 2.12. The Kier molecular flexibility index (Phi) is 6.51. The van der Waals surface area contributed by atoms with Gasteiger partial charge in [0.25, 0.3) is 5.56 Å². The molecule has 1 saturated heterocycles. The van der Waals surface area contributed by atoms with Gasteiger partial charge in [0, 0.05) is 39.8 Å². The normalized spacial score (nSPS) is 14.7. The van der Waals surface area contributed by atoms with Crippen molar-refractivity contribution in [1.29, 1.82) is 0 Å². The number of nitrogens with one attached hydrogen (secondary N) is 1. The Morgan fingerprint density at radius 3 is 2.66 bits per heavy atom. The zero-order chi connectivity index (χ0) is 22.7. The minimum absolute atomic E-state index is 0.0593. The summed E-state index contributed by atoms with van der Waals surface area (Å²) in [5, 5.41) is 11.2. The lowest BCUT2D eigenvalue weighted by Crippen LogP contribution is -2.44. The van der Waals surface area contributed by atoms with Crippen molar-refractivity contribution >= 4 is 11.2 Å². The van der Waals surface area contributed by atoms with E-state index in [-0.39, 0.29) is 23.7 Å². The van der Waals surface area contributed by atoms with Gasteiger partial charge in [0.05, 0.1) is 13.2 Å². The molecule has 0 aliphatic carbocycles. The van der Waals surface area contributed by atoms with E-state index in [4.69, 9.17) is 4.74 Å². The molecule has 3 heterocycles. The number of hydrogen-bond acceptors (Lipinski definition) is 8. The summed E-state index contributed by atoms with van der Waals surface area (Å²) in [6, 6.07) is 3.23. The van der Waals surface area contributed by atoms with Crippen LogP contribution in [0, 0.1) is 11.6 Å². The molecule has 0 unspecified atom stereocenters. The highest BCUT2D eigenvalue weighted by atomic mass is 19.2. The van der Waals surface area contributed by atoms with Gasteiger partial charge in [-0.1, -0.05) is 11.2 Å². The number of benzene rings is 1. The topological polar surface area (TPSA) is 107 Å². The van der Waals surface area contributed by atoms with E-state index in [0.29, 0.717) is 12.2 Å². The average molecular weight is 447 g/mol. The SMILES string of the molecule is Cn1c(=O)c2nc(OCCCN3CCNCC3)nnc2n(Cc2ccc(F)c(F)c2)c1=O. The molecule has 1 aromatic carbocycles. The predicted octanol–water partition coefficient (Wildman–Crippen LogP) is -0.114. The number of rotatable bonds is 7. The van der Waals surface area contributed by atoms with Crippen LogP contribution in [0.1, 0.15) is 12.0 Å². The van der Waals surface area contributed by atoms with E-state index in [1.165, 1.54) is 13.1 Å². The van der Waals surface area contributed by atoms with E-state index in [2.05, 4.69) is 25.4 Å². The summed E-state index contributed by atoms with van der Waals surface area (Å²) in [6.45, 7) is 4.99. The van der Waals surface area contributed by atoms with Crippen LogP contribution < -0.4 is 21.3 Å². The number of piperazine rings is 1. The first-order valence-electron chi connectivity index (χ1n) is 10.3. The minimum atomic E-state index is -1.04. The largest absolute Gasteiger partial charge is 0.462 e. The number of nitrogens with zero attached hydrogens (tertiary/aromatic N) is 6. The molecule has 0 saturated carbocycles.